The lowest BCUT2D eigenvalue weighted by atomic mass is 10.1. The topological polar surface area (TPSA) is 108 Å². The number of benzene rings is 3. The van der Waals surface area contributed by atoms with E-state index in [1.165, 1.54) is 19.2 Å². The number of hydrogen-bond donors (Lipinski definition) is 0. The van der Waals surface area contributed by atoms with Gasteiger partial charge in [0.05, 0.1) is 23.5 Å². The van der Waals surface area contributed by atoms with Gasteiger partial charge in [0.25, 0.3) is 16.8 Å². The molecule has 1 aliphatic heterocycles. The van der Waals surface area contributed by atoms with Gasteiger partial charge in [0.15, 0.2) is 11.5 Å². The summed E-state index contributed by atoms with van der Waals surface area (Å²) in [5, 5.41) is 11.0. The molecule has 4 rings (SSSR count). The van der Waals surface area contributed by atoms with Crippen LogP contribution in [-0.2, 0) is 11.4 Å². The summed E-state index contributed by atoms with van der Waals surface area (Å²) in [5.41, 5.74) is 1.37. The Hall–Kier alpha value is -4.02. The number of nitro groups is 1. The Balaban J connectivity index is 1.41. The number of imide groups is 1. The number of rotatable bonds is 10. The van der Waals surface area contributed by atoms with Crippen molar-refractivity contribution < 1.29 is 28.7 Å². The second kappa shape index (κ2) is 11.8. The Labute approximate surface area is 221 Å². The van der Waals surface area contributed by atoms with Crippen molar-refractivity contribution in [2.45, 2.75) is 6.61 Å². The Morgan fingerprint density at radius 1 is 1.00 bits per heavy atom. The summed E-state index contributed by atoms with van der Waals surface area (Å²) in [6.45, 7) is 0.412. The minimum atomic E-state index is -0.467. The summed E-state index contributed by atoms with van der Waals surface area (Å²) in [6.07, 6.45) is 1.61. The molecule has 11 heteroatoms. The zero-order chi connectivity index (χ0) is 26.4. The van der Waals surface area contributed by atoms with Crippen molar-refractivity contribution in [1.29, 1.82) is 0 Å². The van der Waals surface area contributed by atoms with E-state index in [1.807, 2.05) is 0 Å². The van der Waals surface area contributed by atoms with Gasteiger partial charge in [0, 0.05) is 17.2 Å². The molecule has 2 amide bonds. The predicted octanol–water partition coefficient (Wildman–Crippen LogP) is 5.95. The number of hydrogen-bond acceptors (Lipinski definition) is 8. The standard InChI is InChI=1S/C26H21ClN2O7S/c1-34-22-11-4-18(14-23(22)36-16-17-2-7-20(8-3-17)29(32)33)15-24-25(30)28(26(31)37-24)12-13-35-21-9-5-19(27)6-10-21/h2-11,14-15H,12-13,16H2,1H3/b24-15-. The molecule has 37 heavy (non-hydrogen) atoms. The Morgan fingerprint density at radius 2 is 1.73 bits per heavy atom. The highest BCUT2D eigenvalue weighted by Crippen LogP contribution is 2.35. The van der Waals surface area contributed by atoms with Crippen LogP contribution in [0, 0.1) is 10.1 Å². The first-order valence-electron chi connectivity index (χ1n) is 11.0. The summed E-state index contributed by atoms with van der Waals surface area (Å²) in [5.74, 6) is 1.09. The molecule has 190 valence electrons. The van der Waals surface area contributed by atoms with Crippen molar-refractivity contribution in [3.8, 4) is 17.2 Å². The first-order chi connectivity index (χ1) is 17.8. The molecule has 0 radical (unpaired) electrons. The lowest BCUT2D eigenvalue weighted by molar-refractivity contribution is -0.384. The van der Waals surface area contributed by atoms with E-state index in [1.54, 1.807) is 60.7 Å². The second-order valence-electron chi connectivity index (χ2n) is 7.76. The average molecular weight is 541 g/mol. The van der Waals surface area contributed by atoms with Crippen molar-refractivity contribution in [2.24, 2.45) is 0 Å². The third-order valence-corrected chi connectivity index (χ3v) is 6.46. The summed E-state index contributed by atoms with van der Waals surface area (Å²) >= 11 is 6.71. The molecule has 1 aliphatic rings. The molecule has 0 atom stereocenters. The molecular weight excluding hydrogens is 520 g/mol. The minimum absolute atomic E-state index is 0.00573. The highest BCUT2D eigenvalue weighted by molar-refractivity contribution is 8.18. The van der Waals surface area contributed by atoms with Gasteiger partial charge in [-0.25, -0.2) is 0 Å². The monoisotopic (exact) mass is 540 g/mol. The number of nitrogens with zero attached hydrogens (tertiary/aromatic N) is 2. The molecule has 0 aliphatic carbocycles. The van der Waals surface area contributed by atoms with Crippen LogP contribution in [0.2, 0.25) is 5.02 Å². The number of thioether (sulfide) groups is 1. The average Bonchev–Trinajstić information content (AvgIpc) is 3.16. The highest BCUT2D eigenvalue weighted by Gasteiger charge is 2.34. The molecule has 0 spiro atoms. The summed E-state index contributed by atoms with van der Waals surface area (Å²) in [6, 6.07) is 18.0. The molecule has 0 saturated carbocycles. The molecule has 1 fully saturated rings. The number of halogens is 1. The van der Waals surface area contributed by atoms with E-state index in [-0.39, 0.29) is 35.6 Å². The van der Waals surface area contributed by atoms with Crippen LogP contribution in [0.4, 0.5) is 10.5 Å². The SMILES string of the molecule is COc1ccc(/C=C2\SC(=O)N(CCOc3ccc(Cl)cc3)C2=O)cc1OCc1ccc([N+](=O)[O-])cc1. The van der Waals surface area contributed by atoms with Crippen LogP contribution in [0.3, 0.4) is 0 Å². The van der Waals surface area contributed by atoms with Gasteiger partial charge >= 0.3 is 0 Å². The van der Waals surface area contributed by atoms with Crippen molar-refractivity contribution in [3.05, 3.63) is 97.9 Å². The summed E-state index contributed by atoms with van der Waals surface area (Å²) < 4.78 is 16.8. The first-order valence-corrected chi connectivity index (χ1v) is 12.2. The van der Waals surface area contributed by atoms with Crippen LogP contribution in [0.1, 0.15) is 11.1 Å². The van der Waals surface area contributed by atoms with Gasteiger partial charge in [-0.15, -0.1) is 0 Å². The van der Waals surface area contributed by atoms with Gasteiger partial charge < -0.3 is 14.2 Å². The molecule has 0 bridgehead atoms. The Kier molecular flexibility index (Phi) is 8.32. The van der Waals surface area contributed by atoms with Crippen LogP contribution in [0.5, 0.6) is 17.2 Å². The lowest BCUT2D eigenvalue weighted by Crippen LogP contribution is -2.32. The van der Waals surface area contributed by atoms with Crippen LogP contribution in [0.25, 0.3) is 6.08 Å². The zero-order valence-corrected chi connectivity index (χ0v) is 21.2. The third-order valence-electron chi connectivity index (χ3n) is 5.30. The van der Waals surface area contributed by atoms with E-state index in [0.717, 1.165) is 22.2 Å². The number of carbonyl (C=O) groups excluding carboxylic acids is 2. The Bertz CT molecular complexity index is 1340. The van der Waals surface area contributed by atoms with Gasteiger partial charge in [-0.05, 0) is 77.5 Å². The largest absolute Gasteiger partial charge is 0.493 e. The smallest absolute Gasteiger partial charge is 0.293 e. The quantitative estimate of drug-likeness (QED) is 0.176. The molecule has 0 N–H and O–H groups in total. The highest BCUT2D eigenvalue weighted by atomic mass is 35.5. The fraction of sp³-hybridized carbons (Fsp3) is 0.154. The molecular formula is C26H21ClN2O7S. The molecule has 0 aromatic heterocycles. The maximum Gasteiger partial charge on any atom is 0.293 e. The van der Waals surface area contributed by atoms with Crippen molar-refractivity contribution in [2.75, 3.05) is 20.3 Å². The van der Waals surface area contributed by atoms with Gasteiger partial charge in [0.2, 0.25) is 0 Å². The third kappa shape index (κ3) is 6.60. The van der Waals surface area contributed by atoms with Crippen molar-refractivity contribution in [1.82, 2.24) is 4.90 Å². The van der Waals surface area contributed by atoms with E-state index in [2.05, 4.69) is 0 Å². The fourth-order valence-electron chi connectivity index (χ4n) is 3.40. The van der Waals surface area contributed by atoms with E-state index in [9.17, 15) is 19.7 Å². The van der Waals surface area contributed by atoms with E-state index < -0.39 is 10.8 Å². The predicted molar refractivity (Wildman–Crippen MR) is 140 cm³/mol. The summed E-state index contributed by atoms with van der Waals surface area (Å²) in [4.78, 5) is 37.1. The Morgan fingerprint density at radius 3 is 2.41 bits per heavy atom. The normalized spacial score (nSPS) is 14.2. The van der Waals surface area contributed by atoms with E-state index in [0.29, 0.717) is 27.8 Å². The zero-order valence-electron chi connectivity index (χ0n) is 19.6. The molecule has 3 aromatic carbocycles. The number of amides is 2. The van der Waals surface area contributed by atoms with Crippen LogP contribution < -0.4 is 14.2 Å². The van der Waals surface area contributed by atoms with Gasteiger partial charge in [0.1, 0.15) is 19.0 Å². The molecule has 1 heterocycles. The van der Waals surface area contributed by atoms with Crippen LogP contribution in [-0.4, -0.2) is 41.2 Å². The molecule has 3 aromatic rings. The number of non-ortho nitro benzene ring substituents is 1. The number of ether oxygens (including phenoxy) is 3. The summed E-state index contributed by atoms with van der Waals surface area (Å²) in [7, 11) is 1.51. The molecule has 0 unspecified atom stereocenters. The number of nitro benzene ring substituents is 1. The molecule has 9 nitrogen and oxygen atoms in total. The molecule has 1 saturated heterocycles. The van der Waals surface area contributed by atoms with Crippen molar-refractivity contribution in [3.63, 3.8) is 0 Å². The van der Waals surface area contributed by atoms with Crippen LogP contribution >= 0.6 is 23.4 Å². The van der Waals surface area contributed by atoms with E-state index >= 15 is 0 Å². The first kappa shape index (κ1) is 26.1. The maximum atomic E-state index is 12.8. The van der Waals surface area contributed by atoms with Crippen LogP contribution in [0.15, 0.2) is 71.6 Å². The number of carbonyl (C=O) groups is 2. The van der Waals surface area contributed by atoms with Gasteiger partial charge in [-0.2, -0.15) is 0 Å². The lowest BCUT2D eigenvalue weighted by Gasteiger charge is -2.13. The fourth-order valence-corrected chi connectivity index (χ4v) is 4.39. The maximum absolute atomic E-state index is 12.8. The van der Waals surface area contributed by atoms with Gasteiger partial charge in [-0.1, -0.05) is 17.7 Å². The number of methoxy groups -OCH3 is 1. The minimum Gasteiger partial charge on any atom is -0.493 e. The second-order valence-corrected chi connectivity index (χ2v) is 9.19. The van der Waals surface area contributed by atoms with E-state index in [4.69, 9.17) is 25.8 Å². The van der Waals surface area contributed by atoms with Crippen molar-refractivity contribution >= 4 is 46.3 Å². The van der Waals surface area contributed by atoms with Gasteiger partial charge in [-0.3, -0.25) is 24.6 Å².